The Morgan fingerprint density at radius 1 is 1.67 bits per heavy atom. The highest BCUT2D eigenvalue weighted by Gasteiger charge is 1.87. The molecule has 0 unspecified atom stereocenters. The lowest BCUT2D eigenvalue weighted by molar-refractivity contribution is 1.07. The fourth-order valence-corrected chi connectivity index (χ4v) is 0.769. The first-order valence-electron chi connectivity index (χ1n) is 3.55. The molecule has 1 rings (SSSR count). The summed E-state index contributed by atoms with van der Waals surface area (Å²) < 4.78 is 14.3. The van der Waals surface area contributed by atoms with Gasteiger partial charge in [0.25, 0.3) is 0 Å². The minimum absolute atomic E-state index is 0.394. The molecule has 1 aromatic rings. The average molecular weight is 144 g/mol. The third-order valence-electron chi connectivity index (χ3n) is 0.991. The van der Waals surface area contributed by atoms with E-state index in [1.165, 1.54) is 6.07 Å². The number of rotatable bonds is 1. The van der Waals surface area contributed by atoms with Gasteiger partial charge < -0.3 is 5.73 Å². The summed E-state index contributed by atoms with van der Waals surface area (Å²) in [6, 6.07) is 6.46. The molecule has 0 aliphatic carbocycles. The fourth-order valence-electron chi connectivity index (χ4n) is 0.578. The van der Waals surface area contributed by atoms with E-state index in [0.29, 0.717) is 10.6 Å². The Morgan fingerprint density at radius 2 is 2.44 bits per heavy atom. The first kappa shape index (κ1) is 4.31. The van der Waals surface area contributed by atoms with Crippen LogP contribution in [0.5, 0.6) is 0 Å². The molecule has 1 nitrogen and oxygen atoms in total. The van der Waals surface area contributed by atoms with Gasteiger partial charge in [-0.1, -0.05) is 23.7 Å². The summed E-state index contributed by atoms with van der Waals surface area (Å²) in [6.07, 6.45) is 0. The third-order valence-corrected chi connectivity index (χ3v) is 1.23. The van der Waals surface area contributed by atoms with Crippen molar-refractivity contribution in [2.24, 2.45) is 5.73 Å². The van der Waals surface area contributed by atoms with E-state index in [4.69, 9.17) is 20.1 Å². The maximum atomic E-state index is 7.16. The Labute approximate surface area is 62.2 Å². The maximum absolute atomic E-state index is 7.16. The highest BCUT2D eigenvalue weighted by molar-refractivity contribution is 6.30. The monoisotopic (exact) mass is 143 g/mol. The summed E-state index contributed by atoms with van der Waals surface area (Å²) >= 11 is 5.63. The standard InChI is InChI=1S/C7H8ClN/c8-7-3-1-2-6(4-7)5-9/h1-4H,5,9H2/i5D2. The maximum Gasteiger partial charge on any atom is 0.0477 e. The zero-order valence-electron chi connectivity index (χ0n) is 6.76. The molecular formula is C7H8ClN. The van der Waals surface area contributed by atoms with Crippen molar-refractivity contribution >= 4 is 11.6 Å². The van der Waals surface area contributed by atoms with Crippen LogP contribution in [-0.4, -0.2) is 0 Å². The van der Waals surface area contributed by atoms with Gasteiger partial charge in [0.15, 0.2) is 0 Å². The highest BCUT2D eigenvalue weighted by atomic mass is 35.5. The van der Waals surface area contributed by atoms with Gasteiger partial charge in [-0.15, -0.1) is 0 Å². The Hall–Kier alpha value is -0.530. The summed E-state index contributed by atoms with van der Waals surface area (Å²) in [7, 11) is 0. The van der Waals surface area contributed by atoms with E-state index < -0.39 is 6.50 Å². The lowest BCUT2D eigenvalue weighted by Crippen LogP contribution is -1.94. The molecular weight excluding hydrogens is 134 g/mol. The molecule has 0 bridgehead atoms. The van der Waals surface area contributed by atoms with Gasteiger partial charge in [0.05, 0.1) is 0 Å². The van der Waals surface area contributed by atoms with Gasteiger partial charge in [0, 0.05) is 14.3 Å². The number of hydrogen-bond acceptors (Lipinski definition) is 1. The molecule has 9 heavy (non-hydrogen) atoms. The fraction of sp³-hybridized carbons (Fsp3) is 0.143. The van der Waals surface area contributed by atoms with Crippen LogP contribution < -0.4 is 5.73 Å². The topological polar surface area (TPSA) is 26.0 Å². The van der Waals surface area contributed by atoms with Crippen molar-refractivity contribution in [1.29, 1.82) is 0 Å². The Morgan fingerprint density at radius 3 is 2.89 bits per heavy atom. The van der Waals surface area contributed by atoms with Crippen LogP contribution in [0, 0.1) is 0 Å². The molecule has 2 N–H and O–H groups in total. The Kier molecular flexibility index (Phi) is 1.37. The summed E-state index contributed by atoms with van der Waals surface area (Å²) in [5.41, 5.74) is 5.59. The number of benzene rings is 1. The van der Waals surface area contributed by atoms with Crippen molar-refractivity contribution in [3.63, 3.8) is 0 Å². The summed E-state index contributed by atoms with van der Waals surface area (Å²) in [6.45, 7) is -1.80. The predicted octanol–water partition coefficient (Wildman–Crippen LogP) is 1.80. The zero-order chi connectivity index (χ0) is 8.48. The molecule has 0 aliphatic heterocycles. The predicted molar refractivity (Wildman–Crippen MR) is 39.3 cm³/mol. The van der Waals surface area contributed by atoms with Crippen LogP contribution in [0.25, 0.3) is 0 Å². The van der Waals surface area contributed by atoms with Crippen molar-refractivity contribution in [1.82, 2.24) is 0 Å². The second-order valence-corrected chi connectivity index (χ2v) is 2.09. The van der Waals surface area contributed by atoms with E-state index in [1.54, 1.807) is 18.2 Å². The van der Waals surface area contributed by atoms with E-state index in [-0.39, 0.29) is 0 Å². The normalized spacial score (nSPS) is 14.4. The van der Waals surface area contributed by atoms with Crippen LogP contribution >= 0.6 is 11.6 Å². The van der Waals surface area contributed by atoms with Crippen LogP contribution in [0.2, 0.25) is 5.02 Å². The number of halogens is 1. The van der Waals surface area contributed by atoms with E-state index in [9.17, 15) is 0 Å². The van der Waals surface area contributed by atoms with Gasteiger partial charge in [-0.05, 0) is 17.7 Å². The van der Waals surface area contributed by atoms with Crippen molar-refractivity contribution in [3.05, 3.63) is 34.9 Å². The molecule has 0 spiro atoms. The second kappa shape index (κ2) is 2.85. The summed E-state index contributed by atoms with van der Waals surface area (Å²) in [4.78, 5) is 0. The van der Waals surface area contributed by atoms with Crippen molar-refractivity contribution in [2.75, 3.05) is 0 Å². The highest BCUT2D eigenvalue weighted by Crippen LogP contribution is 2.09. The largest absolute Gasteiger partial charge is 0.326 e. The van der Waals surface area contributed by atoms with Gasteiger partial charge >= 0.3 is 0 Å². The van der Waals surface area contributed by atoms with Crippen molar-refractivity contribution in [3.8, 4) is 0 Å². The van der Waals surface area contributed by atoms with Crippen LogP contribution in [0.1, 0.15) is 8.30 Å². The lowest BCUT2D eigenvalue weighted by atomic mass is 10.2. The molecule has 2 heteroatoms. The van der Waals surface area contributed by atoms with Crippen LogP contribution in [0.4, 0.5) is 0 Å². The Bertz CT molecular complexity index is 257. The number of nitrogens with two attached hydrogens (primary N) is 1. The van der Waals surface area contributed by atoms with Crippen LogP contribution in [0.3, 0.4) is 0 Å². The molecule has 0 fully saturated rings. The number of hydrogen-bond donors (Lipinski definition) is 1. The minimum atomic E-state index is -1.80. The zero-order valence-corrected chi connectivity index (χ0v) is 5.52. The summed E-state index contributed by atoms with van der Waals surface area (Å²) in [5, 5.41) is 0.497. The van der Waals surface area contributed by atoms with Crippen LogP contribution in [-0.2, 0) is 6.50 Å². The molecule has 0 atom stereocenters. The molecule has 48 valence electrons. The first-order valence-corrected chi connectivity index (χ1v) is 2.93. The van der Waals surface area contributed by atoms with Gasteiger partial charge in [0.1, 0.15) is 0 Å². The SMILES string of the molecule is [2H]C([2H])(N)c1cccc(Cl)c1. The Balaban J connectivity index is 3.06. The quantitative estimate of drug-likeness (QED) is 0.638. The lowest BCUT2D eigenvalue weighted by Gasteiger charge is -1.93. The average Bonchev–Trinajstić information content (AvgIpc) is 1.86. The van der Waals surface area contributed by atoms with E-state index in [0.717, 1.165) is 0 Å². The van der Waals surface area contributed by atoms with Crippen LogP contribution in [0.15, 0.2) is 24.3 Å². The minimum Gasteiger partial charge on any atom is -0.326 e. The van der Waals surface area contributed by atoms with E-state index >= 15 is 0 Å². The first-order chi connectivity index (χ1) is 5.00. The molecule has 0 radical (unpaired) electrons. The molecule has 0 aromatic heterocycles. The van der Waals surface area contributed by atoms with Crippen molar-refractivity contribution < 1.29 is 2.74 Å². The molecule has 0 aliphatic rings. The van der Waals surface area contributed by atoms with Gasteiger partial charge in [-0.3, -0.25) is 0 Å². The molecule has 1 aromatic carbocycles. The molecule has 0 saturated carbocycles. The molecule has 0 amide bonds. The molecule has 0 heterocycles. The third kappa shape index (κ3) is 1.70. The van der Waals surface area contributed by atoms with Crippen molar-refractivity contribution in [2.45, 2.75) is 6.50 Å². The van der Waals surface area contributed by atoms with Gasteiger partial charge in [-0.25, -0.2) is 0 Å². The van der Waals surface area contributed by atoms with Gasteiger partial charge in [-0.2, -0.15) is 0 Å². The van der Waals surface area contributed by atoms with E-state index in [1.807, 2.05) is 0 Å². The smallest absolute Gasteiger partial charge is 0.0477 e. The van der Waals surface area contributed by atoms with Gasteiger partial charge in [0.2, 0.25) is 0 Å². The molecule has 0 saturated heterocycles. The van der Waals surface area contributed by atoms with E-state index in [2.05, 4.69) is 0 Å². The second-order valence-electron chi connectivity index (χ2n) is 1.65. The summed E-state index contributed by atoms with van der Waals surface area (Å²) in [5.74, 6) is 0.